The van der Waals surface area contributed by atoms with Crippen LogP contribution in [0, 0.1) is 0 Å². The molecule has 0 spiro atoms. The van der Waals surface area contributed by atoms with Crippen LogP contribution in [0.4, 0.5) is 4.79 Å². The number of hydrogen-bond acceptors (Lipinski definition) is 5. The molecule has 0 saturated heterocycles. The first-order valence-electron chi connectivity index (χ1n) is 6.68. The van der Waals surface area contributed by atoms with Gasteiger partial charge in [0.2, 0.25) is 5.91 Å². The molecule has 0 unspecified atom stereocenters. The minimum absolute atomic E-state index is 0.199. The molecular weight excluding hydrogens is 278 g/mol. The summed E-state index contributed by atoms with van der Waals surface area (Å²) in [5.74, 6) is -0.325. The summed E-state index contributed by atoms with van der Waals surface area (Å²) in [4.78, 5) is 23.6. The van der Waals surface area contributed by atoms with Gasteiger partial charge in [-0.1, -0.05) is 24.6 Å². The molecule has 1 aliphatic rings. The number of nitrogens with zero attached hydrogens (tertiary/aromatic N) is 3. The standard InChI is InChI=1S/C12H19N5O2S/c1-8(20-12-16-13-7-17(12)2)10(18)15-11(19)14-9-5-3-4-6-9/h7-9H,3-6H2,1-2H3,(H2,14,15,18,19)/t8-/m0/s1. The maximum absolute atomic E-state index is 11.9. The zero-order valence-corrected chi connectivity index (χ0v) is 12.4. The molecule has 1 saturated carbocycles. The van der Waals surface area contributed by atoms with Crippen LogP contribution in [0.3, 0.4) is 0 Å². The van der Waals surface area contributed by atoms with E-state index < -0.39 is 11.3 Å². The molecule has 2 N–H and O–H groups in total. The molecule has 3 amide bonds. The molecule has 20 heavy (non-hydrogen) atoms. The second-order valence-corrected chi connectivity index (χ2v) is 6.24. The highest BCUT2D eigenvalue weighted by Crippen LogP contribution is 2.20. The van der Waals surface area contributed by atoms with Gasteiger partial charge in [0.1, 0.15) is 6.33 Å². The van der Waals surface area contributed by atoms with Gasteiger partial charge in [0.05, 0.1) is 5.25 Å². The molecule has 1 aromatic rings. The molecule has 1 fully saturated rings. The summed E-state index contributed by atoms with van der Waals surface area (Å²) < 4.78 is 1.73. The third-order valence-corrected chi connectivity index (χ3v) is 4.40. The highest BCUT2D eigenvalue weighted by Gasteiger charge is 2.22. The van der Waals surface area contributed by atoms with Crippen molar-refractivity contribution < 1.29 is 9.59 Å². The molecule has 1 aromatic heterocycles. The van der Waals surface area contributed by atoms with Gasteiger partial charge in [0.15, 0.2) is 5.16 Å². The average Bonchev–Trinajstić information content (AvgIpc) is 3.02. The molecule has 7 nitrogen and oxygen atoms in total. The monoisotopic (exact) mass is 297 g/mol. The summed E-state index contributed by atoms with van der Waals surface area (Å²) >= 11 is 1.27. The van der Waals surface area contributed by atoms with Gasteiger partial charge in [-0.25, -0.2) is 4.79 Å². The van der Waals surface area contributed by atoms with Crippen molar-refractivity contribution in [2.24, 2.45) is 7.05 Å². The largest absolute Gasteiger partial charge is 0.335 e. The van der Waals surface area contributed by atoms with E-state index in [4.69, 9.17) is 0 Å². The molecule has 1 heterocycles. The quantitative estimate of drug-likeness (QED) is 0.811. The number of thioether (sulfide) groups is 1. The summed E-state index contributed by atoms with van der Waals surface area (Å²) in [6.07, 6.45) is 5.82. The smallest absolute Gasteiger partial charge is 0.321 e. The second kappa shape index (κ2) is 6.74. The van der Waals surface area contributed by atoms with Gasteiger partial charge in [0.25, 0.3) is 0 Å². The van der Waals surface area contributed by atoms with E-state index in [0.717, 1.165) is 25.7 Å². The number of nitrogens with one attached hydrogen (secondary N) is 2. The number of urea groups is 1. The second-order valence-electron chi connectivity index (χ2n) is 4.93. The van der Waals surface area contributed by atoms with E-state index in [1.54, 1.807) is 24.9 Å². The number of carbonyl (C=O) groups is 2. The van der Waals surface area contributed by atoms with Crippen molar-refractivity contribution in [1.82, 2.24) is 25.4 Å². The summed E-state index contributed by atoms with van der Waals surface area (Å²) in [7, 11) is 1.81. The number of imide groups is 1. The number of rotatable bonds is 4. The Bertz CT molecular complexity index is 484. The molecule has 8 heteroatoms. The van der Waals surface area contributed by atoms with Crippen molar-refractivity contribution in [2.75, 3.05) is 0 Å². The average molecular weight is 297 g/mol. The van der Waals surface area contributed by atoms with Crippen molar-refractivity contribution in [2.45, 2.75) is 49.1 Å². The van der Waals surface area contributed by atoms with Crippen molar-refractivity contribution in [3.8, 4) is 0 Å². The van der Waals surface area contributed by atoms with Gasteiger partial charge >= 0.3 is 6.03 Å². The van der Waals surface area contributed by atoms with Crippen LogP contribution in [0.5, 0.6) is 0 Å². The van der Waals surface area contributed by atoms with Crippen LogP contribution in [0.2, 0.25) is 0 Å². The Balaban J connectivity index is 1.78. The minimum atomic E-state index is -0.410. The molecule has 110 valence electrons. The van der Waals surface area contributed by atoms with Gasteiger partial charge in [-0.3, -0.25) is 10.1 Å². The topological polar surface area (TPSA) is 88.9 Å². The first-order chi connectivity index (χ1) is 9.56. The summed E-state index contributed by atoms with van der Waals surface area (Å²) in [6, 6.07) is -0.211. The fraction of sp³-hybridized carbons (Fsp3) is 0.667. The minimum Gasteiger partial charge on any atom is -0.335 e. The Morgan fingerprint density at radius 3 is 2.75 bits per heavy atom. The Kier molecular flexibility index (Phi) is 4.99. The van der Waals surface area contributed by atoms with Crippen molar-refractivity contribution in [3.05, 3.63) is 6.33 Å². The lowest BCUT2D eigenvalue weighted by atomic mass is 10.2. The van der Waals surface area contributed by atoms with Crippen LogP contribution in [-0.4, -0.2) is 38.0 Å². The normalized spacial score (nSPS) is 16.9. The van der Waals surface area contributed by atoms with E-state index in [1.165, 1.54) is 11.8 Å². The number of aryl methyl sites for hydroxylation is 1. The highest BCUT2D eigenvalue weighted by molar-refractivity contribution is 8.00. The fourth-order valence-corrected chi connectivity index (χ4v) is 2.89. The van der Waals surface area contributed by atoms with E-state index in [2.05, 4.69) is 20.8 Å². The molecule has 2 rings (SSSR count). The summed E-state index contributed by atoms with van der Waals surface area (Å²) in [5.41, 5.74) is 0. The Labute approximate surface area is 121 Å². The summed E-state index contributed by atoms with van der Waals surface area (Å²) in [5, 5.41) is 13.1. The van der Waals surface area contributed by atoms with Gasteiger partial charge in [-0.05, 0) is 19.8 Å². The lowest BCUT2D eigenvalue weighted by Gasteiger charge is -2.14. The maximum Gasteiger partial charge on any atom is 0.321 e. The fourth-order valence-electron chi connectivity index (χ4n) is 2.10. The first kappa shape index (κ1) is 14.8. The van der Waals surface area contributed by atoms with E-state index in [0.29, 0.717) is 5.16 Å². The SMILES string of the molecule is C[C@H](Sc1nncn1C)C(=O)NC(=O)NC1CCCC1. The van der Waals surface area contributed by atoms with E-state index in [1.807, 2.05) is 0 Å². The molecule has 0 aromatic carbocycles. The molecule has 0 radical (unpaired) electrons. The molecule has 0 aliphatic heterocycles. The lowest BCUT2D eigenvalue weighted by Crippen LogP contribution is -2.45. The van der Waals surface area contributed by atoms with E-state index in [9.17, 15) is 9.59 Å². The van der Waals surface area contributed by atoms with Gasteiger partial charge < -0.3 is 9.88 Å². The van der Waals surface area contributed by atoms with Crippen molar-refractivity contribution >= 4 is 23.7 Å². The van der Waals surface area contributed by atoms with E-state index in [-0.39, 0.29) is 11.9 Å². The van der Waals surface area contributed by atoms with Gasteiger partial charge in [-0.2, -0.15) is 0 Å². The number of hydrogen-bond donors (Lipinski definition) is 2. The van der Waals surface area contributed by atoms with Crippen LogP contribution in [0.1, 0.15) is 32.6 Å². The third kappa shape index (κ3) is 3.96. The molecule has 1 atom stereocenters. The van der Waals surface area contributed by atoms with Gasteiger partial charge in [0, 0.05) is 13.1 Å². The van der Waals surface area contributed by atoms with Crippen molar-refractivity contribution in [1.29, 1.82) is 0 Å². The third-order valence-electron chi connectivity index (χ3n) is 3.25. The van der Waals surface area contributed by atoms with Crippen LogP contribution in [-0.2, 0) is 11.8 Å². The van der Waals surface area contributed by atoms with Crippen LogP contribution >= 0.6 is 11.8 Å². The van der Waals surface area contributed by atoms with Crippen LogP contribution in [0.25, 0.3) is 0 Å². The van der Waals surface area contributed by atoms with Crippen LogP contribution < -0.4 is 10.6 Å². The number of aromatic nitrogens is 3. The highest BCUT2D eigenvalue weighted by atomic mass is 32.2. The first-order valence-corrected chi connectivity index (χ1v) is 7.56. The van der Waals surface area contributed by atoms with Crippen LogP contribution in [0.15, 0.2) is 11.5 Å². The predicted octanol–water partition coefficient (Wildman–Crippen LogP) is 1.06. The lowest BCUT2D eigenvalue weighted by molar-refractivity contribution is -0.119. The number of carbonyl (C=O) groups excluding carboxylic acids is 2. The molecular formula is C12H19N5O2S. The van der Waals surface area contributed by atoms with E-state index >= 15 is 0 Å². The maximum atomic E-state index is 11.9. The van der Waals surface area contributed by atoms with Crippen molar-refractivity contribution in [3.63, 3.8) is 0 Å². The zero-order chi connectivity index (χ0) is 14.5. The Morgan fingerprint density at radius 1 is 1.45 bits per heavy atom. The molecule has 1 aliphatic carbocycles. The zero-order valence-electron chi connectivity index (χ0n) is 11.6. The predicted molar refractivity (Wildman–Crippen MR) is 75.3 cm³/mol. The van der Waals surface area contributed by atoms with Gasteiger partial charge in [-0.15, -0.1) is 10.2 Å². The Hall–Kier alpha value is -1.57. The molecule has 0 bridgehead atoms. The Morgan fingerprint density at radius 2 is 2.15 bits per heavy atom. The summed E-state index contributed by atoms with van der Waals surface area (Å²) in [6.45, 7) is 1.73. The number of amides is 3.